The van der Waals surface area contributed by atoms with Crippen LogP contribution in [0.3, 0.4) is 0 Å². The number of benzene rings is 1. The van der Waals surface area contributed by atoms with Crippen LogP contribution in [0.5, 0.6) is 0 Å². The Hall–Kier alpha value is -0.570. The zero-order valence-corrected chi connectivity index (χ0v) is 12.1. The molecule has 1 aromatic rings. The molecule has 2 rings (SSSR count). The zero-order chi connectivity index (χ0) is 13.0. The summed E-state index contributed by atoms with van der Waals surface area (Å²) in [5.74, 6) is 0. The van der Waals surface area contributed by atoms with Crippen LogP contribution < -0.4 is 5.32 Å². The molecule has 0 radical (unpaired) electrons. The van der Waals surface area contributed by atoms with Crippen molar-refractivity contribution in [1.29, 1.82) is 0 Å². The predicted molar refractivity (Wildman–Crippen MR) is 78.0 cm³/mol. The van der Waals surface area contributed by atoms with Crippen molar-refractivity contribution in [2.24, 2.45) is 0 Å². The van der Waals surface area contributed by atoms with Crippen molar-refractivity contribution in [2.75, 3.05) is 13.1 Å². The largest absolute Gasteiger partial charge is 0.311 e. The summed E-state index contributed by atoms with van der Waals surface area (Å²) < 4.78 is 0. The fourth-order valence-electron chi connectivity index (χ4n) is 2.58. The smallest absolute Gasteiger partial charge is 0.0406 e. The minimum atomic E-state index is 0.605. The van der Waals surface area contributed by atoms with Gasteiger partial charge in [-0.25, -0.2) is 0 Å². The van der Waals surface area contributed by atoms with E-state index in [0.29, 0.717) is 12.1 Å². The first-order chi connectivity index (χ1) is 8.69. The second-order valence-corrected chi connectivity index (χ2v) is 5.74. The summed E-state index contributed by atoms with van der Waals surface area (Å²) in [6, 6.07) is 9.48. The Labute approximate surface area is 115 Å². The molecule has 1 aromatic carbocycles. The van der Waals surface area contributed by atoms with Crippen molar-refractivity contribution in [2.45, 2.75) is 45.3 Å². The minimum Gasteiger partial charge on any atom is -0.311 e. The predicted octanol–water partition coefficient (Wildman–Crippen LogP) is 3.30. The molecule has 2 nitrogen and oxygen atoms in total. The third kappa shape index (κ3) is 3.71. The average Bonchev–Trinajstić information content (AvgIpc) is 2.36. The van der Waals surface area contributed by atoms with E-state index in [0.717, 1.165) is 24.7 Å². The Bertz CT molecular complexity index is 363. The Morgan fingerprint density at radius 3 is 2.72 bits per heavy atom. The standard InChI is InChI=1S/C15H23ClN2/c1-3-4-15-11-18(12(2)9-17-15)10-13-5-7-14(16)8-6-13/h5-8,12,15,17H,3-4,9-11H2,1-2H3. The molecule has 0 bridgehead atoms. The molecule has 18 heavy (non-hydrogen) atoms. The molecular formula is C15H23ClN2. The number of halogens is 1. The van der Waals surface area contributed by atoms with Gasteiger partial charge in [-0.15, -0.1) is 0 Å². The summed E-state index contributed by atoms with van der Waals surface area (Å²) in [5, 5.41) is 4.45. The molecule has 3 heteroatoms. The third-order valence-electron chi connectivity index (χ3n) is 3.72. The summed E-state index contributed by atoms with van der Waals surface area (Å²) in [4.78, 5) is 2.57. The van der Waals surface area contributed by atoms with Gasteiger partial charge in [-0.1, -0.05) is 37.1 Å². The number of hydrogen-bond donors (Lipinski definition) is 1. The van der Waals surface area contributed by atoms with Gasteiger partial charge in [-0.2, -0.15) is 0 Å². The number of piperazine rings is 1. The second-order valence-electron chi connectivity index (χ2n) is 5.30. The van der Waals surface area contributed by atoms with Gasteiger partial charge < -0.3 is 5.32 Å². The normalized spacial score (nSPS) is 25.3. The average molecular weight is 267 g/mol. The molecule has 0 amide bonds. The summed E-state index contributed by atoms with van der Waals surface area (Å²) in [7, 11) is 0. The highest BCUT2D eigenvalue weighted by molar-refractivity contribution is 6.30. The van der Waals surface area contributed by atoms with Gasteiger partial charge in [0.1, 0.15) is 0 Å². The number of rotatable bonds is 4. The van der Waals surface area contributed by atoms with E-state index in [-0.39, 0.29) is 0 Å². The molecule has 2 unspecified atom stereocenters. The highest BCUT2D eigenvalue weighted by Crippen LogP contribution is 2.16. The number of nitrogens with zero attached hydrogens (tertiary/aromatic N) is 1. The molecule has 1 aliphatic heterocycles. The van der Waals surface area contributed by atoms with Crippen LogP contribution in [0.15, 0.2) is 24.3 Å². The van der Waals surface area contributed by atoms with Crippen LogP contribution >= 0.6 is 11.6 Å². The molecule has 0 saturated carbocycles. The van der Waals surface area contributed by atoms with Crippen molar-refractivity contribution < 1.29 is 0 Å². The SMILES string of the molecule is CCCC1CN(Cc2ccc(Cl)cc2)C(C)CN1. The van der Waals surface area contributed by atoms with Gasteiger partial charge >= 0.3 is 0 Å². The molecule has 0 spiro atoms. The second kappa shape index (κ2) is 6.55. The maximum absolute atomic E-state index is 5.92. The monoisotopic (exact) mass is 266 g/mol. The quantitative estimate of drug-likeness (QED) is 0.900. The highest BCUT2D eigenvalue weighted by atomic mass is 35.5. The summed E-state index contributed by atoms with van der Waals surface area (Å²) in [5.41, 5.74) is 1.35. The lowest BCUT2D eigenvalue weighted by atomic mass is 10.0. The van der Waals surface area contributed by atoms with E-state index in [1.165, 1.54) is 18.4 Å². The van der Waals surface area contributed by atoms with Gasteiger partial charge in [-0.3, -0.25) is 4.90 Å². The van der Waals surface area contributed by atoms with Crippen LogP contribution in [-0.4, -0.2) is 30.1 Å². The lowest BCUT2D eigenvalue weighted by Crippen LogP contribution is -2.54. The summed E-state index contributed by atoms with van der Waals surface area (Å²) >= 11 is 5.92. The van der Waals surface area contributed by atoms with E-state index in [1.807, 2.05) is 12.1 Å². The van der Waals surface area contributed by atoms with Crippen LogP contribution in [0.4, 0.5) is 0 Å². The Morgan fingerprint density at radius 1 is 1.33 bits per heavy atom. The van der Waals surface area contributed by atoms with Gasteiger partial charge in [0.05, 0.1) is 0 Å². The number of nitrogens with one attached hydrogen (secondary N) is 1. The summed E-state index contributed by atoms with van der Waals surface area (Å²) in [6.45, 7) is 7.82. The molecule has 1 aliphatic rings. The Balaban J connectivity index is 1.95. The van der Waals surface area contributed by atoms with Crippen LogP contribution in [0.25, 0.3) is 0 Å². The summed E-state index contributed by atoms with van der Waals surface area (Å²) in [6.07, 6.45) is 2.52. The fourth-order valence-corrected chi connectivity index (χ4v) is 2.71. The molecule has 100 valence electrons. The van der Waals surface area contributed by atoms with E-state index in [2.05, 4.69) is 36.2 Å². The molecule has 2 atom stereocenters. The van der Waals surface area contributed by atoms with Crippen molar-refractivity contribution in [1.82, 2.24) is 10.2 Å². The molecule has 0 aromatic heterocycles. The number of hydrogen-bond acceptors (Lipinski definition) is 2. The Morgan fingerprint density at radius 2 is 2.06 bits per heavy atom. The first-order valence-corrected chi connectivity index (χ1v) is 7.28. The van der Waals surface area contributed by atoms with Gasteiger partial charge in [0.2, 0.25) is 0 Å². The molecule has 1 N–H and O–H groups in total. The van der Waals surface area contributed by atoms with E-state index >= 15 is 0 Å². The topological polar surface area (TPSA) is 15.3 Å². The minimum absolute atomic E-state index is 0.605. The van der Waals surface area contributed by atoms with Crippen molar-refractivity contribution in [3.05, 3.63) is 34.9 Å². The first-order valence-electron chi connectivity index (χ1n) is 6.91. The highest BCUT2D eigenvalue weighted by Gasteiger charge is 2.24. The molecular weight excluding hydrogens is 244 g/mol. The van der Waals surface area contributed by atoms with Crippen molar-refractivity contribution in [3.8, 4) is 0 Å². The maximum atomic E-state index is 5.92. The van der Waals surface area contributed by atoms with Gasteiger partial charge in [0, 0.05) is 36.7 Å². The molecule has 1 saturated heterocycles. The van der Waals surface area contributed by atoms with E-state index in [4.69, 9.17) is 11.6 Å². The molecule has 1 fully saturated rings. The maximum Gasteiger partial charge on any atom is 0.0406 e. The Kier molecular flexibility index (Phi) is 5.04. The van der Waals surface area contributed by atoms with Crippen LogP contribution in [0.2, 0.25) is 5.02 Å². The molecule has 1 heterocycles. The van der Waals surface area contributed by atoms with E-state index < -0.39 is 0 Å². The van der Waals surface area contributed by atoms with E-state index in [1.54, 1.807) is 0 Å². The zero-order valence-electron chi connectivity index (χ0n) is 11.3. The van der Waals surface area contributed by atoms with E-state index in [9.17, 15) is 0 Å². The lowest BCUT2D eigenvalue weighted by molar-refractivity contribution is 0.129. The van der Waals surface area contributed by atoms with Gasteiger partial charge in [0.25, 0.3) is 0 Å². The van der Waals surface area contributed by atoms with Gasteiger partial charge in [0.15, 0.2) is 0 Å². The first kappa shape index (κ1) is 13.9. The van der Waals surface area contributed by atoms with Crippen molar-refractivity contribution >= 4 is 11.6 Å². The van der Waals surface area contributed by atoms with Crippen LogP contribution in [-0.2, 0) is 6.54 Å². The molecule has 0 aliphatic carbocycles. The van der Waals surface area contributed by atoms with Crippen molar-refractivity contribution in [3.63, 3.8) is 0 Å². The fraction of sp³-hybridized carbons (Fsp3) is 0.600. The third-order valence-corrected chi connectivity index (χ3v) is 3.97. The van der Waals surface area contributed by atoms with Gasteiger partial charge in [-0.05, 0) is 31.0 Å². The van der Waals surface area contributed by atoms with Crippen LogP contribution in [0, 0.1) is 0 Å². The van der Waals surface area contributed by atoms with Crippen LogP contribution in [0.1, 0.15) is 32.3 Å². The lowest BCUT2D eigenvalue weighted by Gasteiger charge is -2.39.